The third kappa shape index (κ3) is 3.72. The van der Waals surface area contributed by atoms with Crippen LogP contribution in [0.3, 0.4) is 0 Å². The van der Waals surface area contributed by atoms with E-state index in [2.05, 4.69) is 5.10 Å². The van der Waals surface area contributed by atoms with Crippen molar-refractivity contribution in [2.45, 2.75) is 38.1 Å². The average Bonchev–Trinajstić information content (AvgIpc) is 2.94. The number of aromatic nitrogens is 2. The van der Waals surface area contributed by atoms with Crippen molar-refractivity contribution in [3.63, 3.8) is 0 Å². The van der Waals surface area contributed by atoms with E-state index in [0.717, 1.165) is 17.0 Å². The number of ether oxygens (including phenoxy) is 1. The number of rotatable bonds is 4. The van der Waals surface area contributed by atoms with Crippen LogP contribution in [0.4, 0.5) is 0 Å². The van der Waals surface area contributed by atoms with Crippen LogP contribution in [-0.4, -0.2) is 54.2 Å². The maximum Gasteiger partial charge on any atom is 0.248 e. The van der Waals surface area contributed by atoms with Crippen LogP contribution in [0.25, 0.3) is 0 Å². The van der Waals surface area contributed by atoms with Crippen molar-refractivity contribution in [2.24, 2.45) is 0 Å². The fourth-order valence-electron chi connectivity index (χ4n) is 3.13. The molecule has 1 aromatic carbocycles. The topological polar surface area (TPSA) is 81.5 Å². The molecule has 0 bridgehead atoms. The highest BCUT2D eigenvalue weighted by atomic mass is 32.2. The molecule has 1 fully saturated rings. The largest absolute Gasteiger partial charge is 0.378 e. The Balaban J connectivity index is 1.84. The van der Waals surface area contributed by atoms with Crippen LogP contribution in [-0.2, 0) is 14.8 Å². The van der Waals surface area contributed by atoms with Crippen LogP contribution in [0.2, 0.25) is 0 Å². The van der Waals surface area contributed by atoms with Crippen molar-refractivity contribution in [1.29, 1.82) is 0 Å². The number of morpholine rings is 1. The Morgan fingerprint density at radius 1 is 1.23 bits per heavy atom. The van der Waals surface area contributed by atoms with E-state index in [1.165, 1.54) is 8.99 Å². The van der Waals surface area contributed by atoms with Gasteiger partial charge in [0.2, 0.25) is 15.9 Å². The first-order valence-corrected chi connectivity index (χ1v) is 9.96. The molecule has 2 aromatic rings. The zero-order valence-electron chi connectivity index (χ0n) is 15.2. The Morgan fingerprint density at radius 2 is 1.92 bits per heavy atom. The van der Waals surface area contributed by atoms with Gasteiger partial charge in [-0.3, -0.25) is 4.79 Å². The Kier molecular flexibility index (Phi) is 5.27. The first kappa shape index (κ1) is 18.8. The molecule has 0 radical (unpaired) electrons. The molecule has 0 N–H and O–H groups in total. The summed E-state index contributed by atoms with van der Waals surface area (Å²) in [5.41, 5.74) is 2.47. The quantitative estimate of drug-likeness (QED) is 0.813. The lowest BCUT2D eigenvalue weighted by Gasteiger charge is -2.34. The van der Waals surface area contributed by atoms with Crippen LogP contribution < -0.4 is 0 Å². The average molecular weight is 377 g/mol. The normalized spacial score (nSPS) is 18.8. The summed E-state index contributed by atoms with van der Waals surface area (Å²) < 4.78 is 34.2. The molecule has 0 aliphatic carbocycles. The molecule has 140 valence electrons. The van der Waals surface area contributed by atoms with E-state index in [1.54, 1.807) is 31.2 Å². The smallest absolute Gasteiger partial charge is 0.248 e. The van der Waals surface area contributed by atoms with E-state index >= 15 is 0 Å². The number of nitrogens with zero attached hydrogens (tertiary/aromatic N) is 3. The lowest BCUT2D eigenvalue weighted by molar-refractivity contribution is 0.0274. The van der Waals surface area contributed by atoms with Gasteiger partial charge in [-0.15, -0.1) is 0 Å². The van der Waals surface area contributed by atoms with Crippen molar-refractivity contribution >= 4 is 15.9 Å². The highest BCUT2D eigenvalue weighted by molar-refractivity contribution is 7.89. The summed E-state index contributed by atoms with van der Waals surface area (Å²) in [4.78, 5) is 12.9. The molecule has 0 saturated carbocycles. The van der Waals surface area contributed by atoms with Gasteiger partial charge >= 0.3 is 0 Å². The minimum absolute atomic E-state index is 0.0209. The van der Waals surface area contributed by atoms with Gasteiger partial charge in [-0.05, 0) is 39.0 Å². The van der Waals surface area contributed by atoms with Crippen molar-refractivity contribution in [3.05, 3.63) is 47.3 Å². The molecule has 7 nitrogen and oxygen atoms in total. The fourth-order valence-corrected chi connectivity index (χ4v) is 4.73. The number of sulfonamides is 1. The summed E-state index contributed by atoms with van der Waals surface area (Å²) >= 11 is 0. The van der Waals surface area contributed by atoms with Crippen LogP contribution in [0.1, 0.15) is 28.2 Å². The van der Waals surface area contributed by atoms with Gasteiger partial charge in [0.05, 0.1) is 29.8 Å². The van der Waals surface area contributed by atoms with Gasteiger partial charge in [0.1, 0.15) is 0 Å². The van der Waals surface area contributed by atoms with Crippen molar-refractivity contribution in [1.82, 2.24) is 14.1 Å². The zero-order chi connectivity index (χ0) is 18.9. The van der Waals surface area contributed by atoms with Gasteiger partial charge < -0.3 is 4.74 Å². The first-order chi connectivity index (χ1) is 12.3. The molecule has 1 aliphatic rings. The Bertz CT molecular complexity index is 903. The second-order valence-electron chi connectivity index (χ2n) is 6.59. The fraction of sp³-hybridized carbons (Fsp3) is 0.444. The molecule has 1 atom stereocenters. The van der Waals surface area contributed by atoms with Gasteiger partial charge in [-0.1, -0.05) is 17.7 Å². The summed E-state index contributed by atoms with van der Waals surface area (Å²) in [6.07, 6.45) is 0.0209. The van der Waals surface area contributed by atoms with Gasteiger partial charge in [0.25, 0.3) is 0 Å². The highest BCUT2D eigenvalue weighted by Crippen LogP contribution is 2.23. The Morgan fingerprint density at radius 3 is 2.54 bits per heavy atom. The molecule has 1 aliphatic heterocycles. The third-order valence-electron chi connectivity index (χ3n) is 4.46. The highest BCUT2D eigenvalue weighted by Gasteiger charge is 2.35. The lowest BCUT2D eigenvalue weighted by Crippen LogP contribution is -2.49. The maximum absolute atomic E-state index is 13.0. The number of carbonyl (C=O) groups is 1. The molecule has 1 aromatic heterocycles. The second-order valence-corrected chi connectivity index (χ2v) is 8.48. The molecule has 1 saturated heterocycles. The Hall–Kier alpha value is -2.03. The predicted octanol–water partition coefficient (Wildman–Crippen LogP) is 1.93. The maximum atomic E-state index is 13.0. The second kappa shape index (κ2) is 7.30. The van der Waals surface area contributed by atoms with E-state index in [-0.39, 0.29) is 30.4 Å². The van der Waals surface area contributed by atoms with Crippen LogP contribution in [0, 0.1) is 20.8 Å². The van der Waals surface area contributed by atoms with Crippen LogP contribution >= 0.6 is 0 Å². The molecule has 0 amide bonds. The molecule has 0 unspecified atom stereocenters. The monoisotopic (exact) mass is 377 g/mol. The SMILES string of the molecule is Cc1ccc(S(=O)(=O)N2CCOC[C@H]2CC(=O)n2nc(C)cc2C)cc1. The Labute approximate surface area is 153 Å². The number of hydrogen-bond donors (Lipinski definition) is 0. The van der Waals surface area contributed by atoms with Gasteiger partial charge in [-0.2, -0.15) is 9.40 Å². The summed E-state index contributed by atoms with van der Waals surface area (Å²) in [5.74, 6) is -0.241. The summed E-state index contributed by atoms with van der Waals surface area (Å²) in [6.45, 7) is 6.25. The number of hydrogen-bond acceptors (Lipinski definition) is 5. The minimum atomic E-state index is -3.69. The van der Waals surface area contributed by atoms with Crippen molar-refractivity contribution in [3.8, 4) is 0 Å². The molecule has 26 heavy (non-hydrogen) atoms. The summed E-state index contributed by atoms with van der Waals surface area (Å²) in [5, 5.41) is 4.19. The lowest BCUT2D eigenvalue weighted by atomic mass is 10.2. The molecular weight excluding hydrogens is 354 g/mol. The minimum Gasteiger partial charge on any atom is -0.378 e. The van der Waals surface area contributed by atoms with Crippen LogP contribution in [0.15, 0.2) is 35.2 Å². The van der Waals surface area contributed by atoms with E-state index in [4.69, 9.17) is 4.74 Å². The molecule has 0 spiro atoms. The standard InChI is InChI=1S/C18H23N3O4S/c1-13-4-6-17(7-5-13)26(23,24)20-8-9-25-12-16(20)11-18(22)21-15(3)10-14(2)19-21/h4-7,10,16H,8-9,11-12H2,1-3H3/t16-/m1/s1. The van der Waals surface area contributed by atoms with Crippen molar-refractivity contribution in [2.75, 3.05) is 19.8 Å². The molecule has 2 heterocycles. The van der Waals surface area contributed by atoms with E-state index in [9.17, 15) is 13.2 Å². The van der Waals surface area contributed by atoms with Gasteiger partial charge in [0.15, 0.2) is 0 Å². The van der Waals surface area contributed by atoms with E-state index in [1.807, 2.05) is 19.9 Å². The molecular formula is C18H23N3O4S. The van der Waals surface area contributed by atoms with Gasteiger partial charge in [0, 0.05) is 18.7 Å². The van der Waals surface area contributed by atoms with Gasteiger partial charge in [-0.25, -0.2) is 13.1 Å². The first-order valence-electron chi connectivity index (χ1n) is 8.52. The van der Waals surface area contributed by atoms with Crippen molar-refractivity contribution < 1.29 is 17.9 Å². The number of benzene rings is 1. The zero-order valence-corrected chi connectivity index (χ0v) is 16.0. The molecule has 3 rings (SSSR count). The third-order valence-corrected chi connectivity index (χ3v) is 6.42. The van der Waals surface area contributed by atoms with E-state index in [0.29, 0.717) is 6.61 Å². The number of aryl methyl sites for hydroxylation is 3. The summed E-state index contributed by atoms with van der Waals surface area (Å²) in [7, 11) is -3.69. The summed E-state index contributed by atoms with van der Waals surface area (Å²) in [6, 6.07) is 7.99. The number of carbonyl (C=O) groups excluding carboxylic acids is 1. The van der Waals surface area contributed by atoms with E-state index < -0.39 is 16.1 Å². The predicted molar refractivity (Wildman–Crippen MR) is 96.6 cm³/mol. The van der Waals surface area contributed by atoms with Crippen LogP contribution in [0.5, 0.6) is 0 Å². The molecule has 8 heteroatoms.